The van der Waals surface area contributed by atoms with Crippen molar-refractivity contribution in [1.82, 2.24) is 0 Å². The summed E-state index contributed by atoms with van der Waals surface area (Å²) in [6.45, 7) is 0. The van der Waals surface area contributed by atoms with Gasteiger partial charge in [-0.2, -0.15) is 52.7 Å². The summed E-state index contributed by atoms with van der Waals surface area (Å²) in [5.41, 5.74) is -15.7. The molecule has 0 radical (unpaired) electrons. The van der Waals surface area contributed by atoms with E-state index in [0.717, 1.165) is 0 Å². The molecule has 0 rings (SSSR count). The quantitative estimate of drug-likeness (QED) is 0.551. The summed E-state index contributed by atoms with van der Waals surface area (Å²) in [7, 11) is 0. The topological polar surface area (TPSA) is 20.2 Å². The first kappa shape index (κ1) is 23.9. The molecule has 0 heterocycles. The van der Waals surface area contributed by atoms with Crippen LogP contribution in [0.5, 0.6) is 0 Å². The third-order valence-electron chi connectivity index (χ3n) is 2.10. The average molecular weight is 376 g/mol. The number of hydrogen-bond donors (Lipinski definition) is 1. The predicted octanol–water partition coefficient (Wildman–Crippen LogP) is 3.03. The van der Waals surface area contributed by atoms with E-state index < -0.39 is 36.0 Å². The van der Waals surface area contributed by atoms with Gasteiger partial charge in [0.25, 0.3) is 0 Å². The molecule has 0 fully saturated rings. The van der Waals surface area contributed by atoms with Crippen molar-refractivity contribution in [2.45, 2.75) is 36.0 Å². The molecule has 1 nitrogen and oxygen atoms in total. The van der Waals surface area contributed by atoms with Crippen LogP contribution in [0.25, 0.3) is 0 Å². The Bertz CT molecular complexity index is 295. The SMILES string of the molecule is OC(C(F)(F)F)(C(F)(F)F)C(F)(C(F)(F)F)C(F)(F)F.[KH]. The molecule has 0 spiro atoms. The van der Waals surface area contributed by atoms with E-state index in [4.69, 9.17) is 5.11 Å². The first-order chi connectivity index (χ1) is 8.25. The first-order valence-corrected chi connectivity index (χ1v) is 3.93. The fraction of sp³-hybridized carbons (Fsp3) is 1.00. The van der Waals surface area contributed by atoms with Gasteiger partial charge in [0.15, 0.2) is 0 Å². The Labute approximate surface area is 148 Å². The van der Waals surface area contributed by atoms with Crippen LogP contribution in [0.3, 0.4) is 0 Å². The summed E-state index contributed by atoms with van der Waals surface area (Å²) in [5, 5.41) is 8.01. The Balaban J connectivity index is 0. The maximum absolute atomic E-state index is 12.9. The molecule has 0 atom stereocenters. The molecule has 0 saturated carbocycles. The Morgan fingerprint density at radius 2 is 0.619 bits per heavy atom. The Hall–Kier alpha value is 0.686. The average Bonchev–Trinajstić information content (AvgIpc) is 2.07. The fourth-order valence-corrected chi connectivity index (χ4v) is 1.12. The van der Waals surface area contributed by atoms with Crippen molar-refractivity contribution in [2.24, 2.45) is 0 Å². The van der Waals surface area contributed by atoms with Crippen LogP contribution in [0.2, 0.25) is 0 Å². The summed E-state index contributed by atoms with van der Waals surface area (Å²) < 4.78 is 156. The summed E-state index contributed by atoms with van der Waals surface area (Å²) in [6, 6.07) is 0. The molecular weight excluding hydrogens is 374 g/mol. The molecule has 0 saturated heterocycles. The van der Waals surface area contributed by atoms with Crippen LogP contribution >= 0.6 is 0 Å². The molecule has 0 aromatic heterocycles. The van der Waals surface area contributed by atoms with Gasteiger partial charge in [-0.15, -0.1) is 0 Å². The van der Waals surface area contributed by atoms with E-state index in [2.05, 4.69) is 0 Å². The van der Waals surface area contributed by atoms with Gasteiger partial charge in [0.2, 0.25) is 0 Å². The van der Waals surface area contributed by atoms with Gasteiger partial charge < -0.3 is 5.11 Å². The van der Waals surface area contributed by atoms with Crippen molar-refractivity contribution < 1.29 is 62.2 Å². The van der Waals surface area contributed by atoms with E-state index in [1.807, 2.05) is 0 Å². The molecule has 0 aliphatic carbocycles. The second-order valence-electron chi connectivity index (χ2n) is 3.36. The summed E-state index contributed by atoms with van der Waals surface area (Å²) in [5.74, 6) is 0. The molecule has 0 aromatic rings. The van der Waals surface area contributed by atoms with Crippen LogP contribution < -0.4 is 0 Å². The van der Waals surface area contributed by atoms with Gasteiger partial charge in [-0.3, -0.25) is 0 Å². The molecular formula is C6H2F13KO. The first-order valence-electron chi connectivity index (χ1n) is 3.93. The molecule has 0 unspecified atom stereocenters. The van der Waals surface area contributed by atoms with Crippen molar-refractivity contribution >= 4 is 51.4 Å². The fourth-order valence-electron chi connectivity index (χ4n) is 1.12. The van der Waals surface area contributed by atoms with Crippen LogP contribution in [0, 0.1) is 0 Å². The van der Waals surface area contributed by atoms with Crippen LogP contribution in [0.15, 0.2) is 0 Å². The van der Waals surface area contributed by atoms with Crippen molar-refractivity contribution in [3.63, 3.8) is 0 Å². The van der Waals surface area contributed by atoms with Gasteiger partial charge >= 0.3 is 87.4 Å². The van der Waals surface area contributed by atoms with Gasteiger partial charge in [0.05, 0.1) is 0 Å². The van der Waals surface area contributed by atoms with E-state index in [9.17, 15) is 57.1 Å². The zero-order chi connectivity index (χ0) is 17.0. The zero-order valence-electron chi connectivity index (χ0n) is 8.36. The Morgan fingerprint density at radius 1 is 0.429 bits per heavy atom. The van der Waals surface area contributed by atoms with E-state index in [1.54, 1.807) is 0 Å². The molecule has 1 N–H and O–H groups in total. The van der Waals surface area contributed by atoms with E-state index >= 15 is 0 Å². The van der Waals surface area contributed by atoms with E-state index in [0.29, 0.717) is 0 Å². The molecule has 0 aromatic carbocycles. The molecule has 0 aliphatic rings. The Kier molecular flexibility index (Phi) is 6.79. The van der Waals surface area contributed by atoms with Crippen LogP contribution in [0.1, 0.15) is 0 Å². The maximum atomic E-state index is 12.9. The van der Waals surface area contributed by atoms with Crippen LogP contribution in [-0.4, -0.2) is 92.5 Å². The molecule has 15 heteroatoms. The number of halogens is 13. The monoisotopic (exact) mass is 376 g/mol. The van der Waals surface area contributed by atoms with Crippen molar-refractivity contribution in [2.75, 3.05) is 0 Å². The molecule has 0 bridgehead atoms. The van der Waals surface area contributed by atoms with Gasteiger partial charge in [-0.25, -0.2) is 4.39 Å². The van der Waals surface area contributed by atoms with Crippen molar-refractivity contribution in [3.05, 3.63) is 0 Å². The number of rotatable bonds is 1. The summed E-state index contributed by atoms with van der Waals surface area (Å²) in [6.07, 6.45) is -30.8. The number of aliphatic hydroxyl groups is 1. The number of hydrogen-bond acceptors (Lipinski definition) is 1. The minimum atomic E-state index is -8.00. The zero-order valence-corrected chi connectivity index (χ0v) is 8.36. The van der Waals surface area contributed by atoms with E-state index in [-0.39, 0.29) is 51.4 Å². The summed E-state index contributed by atoms with van der Waals surface area (Å²) >= 11 is 0. The van der Waals surface area contributed by atoms with Gasteiger partial charge in [-0.05, 0) is 0 Å². The third-order valence-corrected chi connectivity index (χ3v) is 2.10. The third kappa shape index (κ3) is 3.46. The van der Waals surface area contributed by atoms with Gasteiger partial charge in [-0.1, -0.05) is 0 Å². The summed E-state index contributed by atoms with van der Waals surface area (Å²) in [4.78, 5) is 0. The molecule has 21 heavy (non-hydrogen) atoms. The van der Waals surface area contributed by atoms with Gasteiger partial charge in [0, 0.05) is 0 Å². The Morgan fingerprint density at radius 3 is 0.667 bits per heavy atom. The minimum absolute atomic E-state index is 0. The van der Waals surface area contributed by atoms with Crippen LogP contribution in [0.4, 0.5) is 57.1 Å². The normalized spacial score (nSPS) is 15.7. The second-order valence-corrected chi connectivity index (χ2v) is 3.36. The van der Waals surface area contributed by atoms with Crippen molar-refractivity contribution in [1.29, 1.82) is 0 Å². The van der Waals surface area contributed by atoms with E-state index in [1.165, 1.54) is 0 Å². The second kappa shape index (κ2) is 5.96. The molecule has 124 valence electrons. The molecule has 0 aliphatic heterocycles. The van der Waals surface area contributed by atoms with Gasteiger partial charge in [0.1, 0.15) is 0 Å². The standard InChI is InChI=1S/C6HF13O.K.H/c7-1(3(8,9)10,4(11,12)13)2(20,5(14,15)16)6(17,18)19;;/h20H;;. The number of alkyl halides is 13. The molecule has 0 amide bonds. The predicted molar refractivity (Wildman–Crippen MR) is 40.2 cm³/mol. The van der Waals surface area contributed by atoms with Crippen molar-refractivity contribution in [3.8, 4) is 0 Å². The van der Waals surface area contributed by atoms with Crippen LogP contribution in [-0.2, 0) is 0 Å².